The molecule has 1 N–H and O–H groups in total. The smallest absolute Gasteiger partial charge is 0.194 e. The number of nitrogens with zero attached hydrogens (tertiary/aromatic N) is 2. The van der Waals surface area contributed by atoms with E-state index in [1.807, 2.05) is 11.3 Å². The maximum Gasteiger partial charge on any atom is 0.194 e. The zero-order valence-electron chi connectivity index (χ0n) is 8.99. The monoisotopic (exact) mass is 337 g/mol. The number of rotatable bonds is 2. The predicted molar refractivity (Wildman–Crippen MR) is 76.2 cm³/mol. The van der Waals surface area contributed by atoms with Gasteiger partial charge in [-0.15, -0.1) is 35.3 Å². The quantitative estimate of drug-likeness (QED) is 0.837. The van der Waals surface area contributed by atoms with Crippen LogP contribution < -0.4 is 5.32 Å². The fourth-order valence-corrected chi connectivity index (χ4v) is 2.30. The van der Waals surface area contributed by atoms with Gasteiger partial charge in [-0.25, -0.2) is 0 Å². The Hall–Kier alpha value is -0.300. The van der Waals surface area contributed by atoms with Crippen LogP contribution in [0.2, 0.25) is 0 Å². The number of hydrogen-bond acceptors (Lipinski definition) is 4. The van der Waals surface area contributed by atoms with Gasteiger partial charge in [-0.3, -0.25) is 4.99 Å². The van der Waals surface area contributed by atoms with Crippen molar-refractivity contribution in [1.29, 1.82) is 0 Å². The zero-order chi connectivity index (χ0) is 9.97. The van der Waals surface area contributed by atoms with Crippen molar-refractivity contribution >= 4 is 41.3 Å². The summed E-state index contributed by atoms with van der Waals surface area (Å²) >= 11 is 1.84. The molecule has 0 atom stereocenters. The van der Waals surface area contributed by atoms with E-state index in [0.717, 1.165) is 25.6 Å². The molecule has 2 heterocycles. The molecule has 0 unspecified atom stereocenters. The number of aryl methyl sites for hydroxylation is 1. The summed E-state index contributed by atoms with van der Waals surface area (Å²) in [5, 5.41) is 3.35. The molecule has 1 aliphatic rings. The van der Waals surface area contributed by atoms with Crippen LogP contribution in [0.1, 0.15) is 9.75 Å². The Morgan fingerprint density at radius 1 is 1.53 bits per heavy atom. The van der Waals surface area contributed by atoms with Gasteiger partial charge >= 0.3 is 0 Å². The van der Waals surface area contributed by atoms with Crippen LogP contribution in [0.5, 0.6) is 0 Å². The van der Waals surface area contributed by atoms with Gasteiger partial charge in [0.25, 0.3) is 0 Å². The van der Waals surface area contributed by atoms with Crippen LogP contribution in [0.25, 0.3) is 0 Å². The summed E-state index contributed by atoms with van der Waals surface area (Å²) in [5.74, 6) is 1.02. The highest BCUT2D eigenvalue weighted by molar-refractivity contribution is 14.0. The molecule has 1 aliphatic heterocycles. The molecule has 84 valence electrons. The number of nitrogens with one attached hydrogen (secondary N) is 1. The highest BCUT2D eigenvalue weighted by Gasteiger charge is 2.11. The van der Waals surface area contributed by atoms with Crippen LogP contribution >= 0.6 is 35.3 Å². The van der Waals surface area contributed by atoms with Gasteiger partial charge < -0.3 is 10.2 Å². The topological polar surface area (TPSA) is 27.6 Å². The number of halogens is 1. The molecule has 0 spiro atoms. The molecular formula is C10H16IN3S. The van der Waals surface area contributed by atoms with Crippen LogP contribution in [0.4, 0.5) is 0 Å². The normalized spacial score (nSPS) is 14.8. The van der Waals surface area contributed by atoms with Gasteiger partial charge in [-0.05, 0) is 19.1 Å². The molecule has 5 heteroatoms. The zero-order valence-corrected chi connectivity index (χ0v) is 12.1. The molecule has 0 amide bonds. The van der Waals surface area contributed by atoms with Gasteiger partial charge in [0.2, 0.25) is 0 Å². The Kier molecular flexibility index (Phi) is 4.85. The summed E-state index contributed by atoms with van der Waals surface area (Å²) in [5.41, 5.74) is 0. The number of hydrogen-bond donors (Lipinski definition) is 1. The van der Waals surface area contributed by atoms with Crippen molar-refractivity contribution in [2.75, 3.05) is 20.1 Å². The van der Waals surface area contributed by atoms with Crippen LogP contribution in [0.15, 0.2) is 17.1 Å². The second-order valence-corrected chi connectivity index (χ2v) is 4.87. The molecule has 2 rings (SSSR count). The molecule has 0 fully saturated rings. The Labute approximate surface area is 112 Å². The van der Waals surface area contributed by atoms with Gasteiger partial charge in [0.05, 0.1) is 13.1 Å². The summed E-state index contributed by atoms with van der Waals surface area (Å²) in [7, 11) is 2.07. The van der Waals surface area contributed by atoms with E-state index in [4.69, 9.17) is 0 Å². The number of likely N-dealkylation sites (N-methyl/N-ethyl adjacent to an activating group) is 1. The van der Waals surface area contributed by atoms with Crippen LogP contribution in [0.3, 0.4) is 0 Å². The van der Waals surface area contributed by atoms with Gasteiger partial charge in [0, 0.05) is 23.3 Å². The first-order chi connectivity index (χ1) is 6.75. The van der Waals surface area contributed by atoms with Gasteiger partial charge in [-0.1, -0.05) is 0 Å². The molecule has 0 aliphatic carbocycles. The van der Waals surface area contributed by atoms with Crippen molar-refractivity contribution in [1.82, 2.24) is 10.2 Å². The molecule has 15 heavy (non-hydrogen) atoms. The summed E-state index contributed by atoms with van der Waals surface area (Å²) in [6, 6.07) is 4.32. The molecule has 1 aromatic rings. The summed E-state index contributed by atoms with van der Waals surface area (Å²) in [6.45, 7) is 4.98. The van der Waals surface area contributed by atoms with Gasteiger partial charge in [-0.2, -0.15) is 0 Å². The van der Waals surface area contributed by atoms with Crippen LogP contribution in [-0.2, 0) is 6.54 Å². The molecule has 0 radical (unpaired) electrons. The standard InChI is InChI=1S/C10H15N3S.HI/c1-8-3-4-9(14-8)7-12-10-11-5-6-13(10)2;/h3-4H,5-7H2,1-2H3,(H,11,12);1H. The van der Waals surface area contributed by atoms with E-state index < -0.39 is 0 Å². The van der Waals surface area contributed by atoms with Crippen molar-refractivity contribution < 1.29 is 0 Å². The predicted octanol–water partition coefficient (Wildman–Crippen LogP) is 2.07. The van der Waals surface area contributed by atoms with E-state index in [9.17, 15) is 0 Å². The second kappa shape index (κ2) is 5.69. The average molecular weight is 337 g/mol. The summed E-state index contributed by atoms with van der Waals surface area (Å²) < 4.78 is 0. The third-order valence-electron chi connectivity index (χ3n) is 2.28. The fourth-order valence-electron chi connectivity index (χ4n) is 1.47. The van der Waals surface area contributed by atoms with Crippen LogP contribution in [0, 0.1) is 6.92 Å². The Morgan fingerprint density at radius 3 is 2.87 bits per heavy atom. The van der Waals surface area contributed by atoms with Crippen molar-refractivity contribution in [2.24, 2.45) is 4.99 Å². The van der Waals surface area contributed by atoms with E-state index >= 15 is 0 Å². The van der Waals surface area contributed by atoms with E-state index in [2.05, 4.69) is 41.3 Å². The molecule has 0 saturated heterocycles. The highest BCUT2D eigenvalue weighted by atomic mass is 127. The lowest BCUT2D eigenvalue weighted by Gasteiger charge is -2.14. The fraction of sp³-hybridized carbons (Fsp3) is 0.500. The lowest BCUT2D eigenvalue weighted by Crippen LogP contribution is -2.34. The number of thiophene rings is 1. The Bertz CT molecular complexity index is 348. The maximum atomic E-state index is 4.37. The second-order valence-electron chi connectivity index (χ2n) is 3.49. The van der Waals surface area contributed by atoms with E-state index in [1.54, 1.807) is 0 Å². The molecule has 3 nitrogen and oxygen atoms in total. The number of guanidine groups is 1. The van der Waals surface area contributed by atoms with Gasteiger partial charge in [0.15, 0.2) is 5.96 Å². The molecule has 0 aromatic carbocycles. The molecular weight excluding hydrogens is 321 g/mol. The lowest BCUT2D eigenvalue weighted by atomic mass is 10.4. The van der Waals surface area contributed by atoms with Crippen molar-refractivity contribution in [2.45, 2.75) is 13.5 Å². The first kappa shape index (κ1) is 12.8. The highest BCUT2D eigenvalue weighted by Crippen LogP contribution is 2.14. The van der Waals surface area contributed by atoms with Gasteiger partial charge in [0.1, 0.15) is 0 Å². The van der Waals surface area contributed by atoms with Crippen molar-refractivity contribution in [3.63, 3.8) is 0 Å². The summed E-state index contributed by atoms with van der Waals surface area (Å²) in [6.07, 6.45) is 0. The van der Waals surface area contributed by atoms with E-state index in [0.29, 0.717) is 0 Å². The molecule has 0 saturated carbocycles. The molecule has 0 bridgehead atoms. The molecule has 1 aromatic heterocycles. The first-order valence-corrected chi connectivity index (χ1v) is 5.62. The summed E-state index contributed by atoms with van der Waals surface area (Å²) in [4.78, 5) is 9.26. The first-order valence-electron chi connectivity index (χ1n) is 4.80. The van der Waals surface area contributed by atoms with Crippen LogP contribution in [-0.4, -0.2) is 31.0 Å². The van der Waals surface area contributed by atoms with Crippen molar-refractivity contribution in [3.05, 3.63) is 21.9 Å². The Balaban J connectivity index is 0.00000112. The minimum Gasteiger partial charge on any atom is -0.351 e. The van der Waals surface area contributed by atoms with Crippen molar-refractivity contribution in [3.8, 4) is 0 Å². The minimum atomic E-state index is 0. The third kappa shape index (κ3) is 3.34. The van der Waals surface area contributed by atoms with E-state index in [-0.39, 0.29) is 24.0 Å². The lowest BCUT2D eigenvalue weighted by molar-refractivity contribution is 0.534. The average Bonchev–Trinajstić information content (AvgIpc) is 2.72. The number of aliphatic imine (C=N–C) groups is 1. The maximum absolute atomic E-state index is 4.37. The minimum absolute atomic E-state index is 0. The SMILES string of the molecule is Cc1ccc(CNC2=NCCN2C)s1.I. The Morgan fingerprint density at radius 2 is 2.33 bits per heavy atom. The third-order valence-corrected chi connectivity index (χ3v) is 3.28. The largest absolute Gasteiger partial charge is 0.351 e. The van der Waals surface area contributed by atoms with E-state index in [1.165, 1.54) is 9.75 Å².